The molecule has 1 heterocycles. The van der Waals surface area contributed by atoms with Gasteiger partial charge in [0.1, 0.15) is 12.2 Å². The number of benzene rings is 4. The molecule has 5 rings (SSSR count). The van der Waals surface area contributed by atoms with E-state index in [9.17, 15) is 9.59 Å². The van der Waals surface area contributed by atoms with Crippen molar-refractivity contribution < 1.29 is 19.1 Å². The van der Waals surface area contributed by atoms with Crippen molar-refractivity contribution in [1.29, 1.82) is 0 Å². The number of hydrogen-bond donors (Lipinski definition) is 0. The average molecular weight is 563 g/mol. The van der Waals surface area contributed by atoms with E-state index >= 15 is 0 Å². The van der Waals surface area contributed by atoms with E-state index in [-0.39, 0.29) is 36.1 Å². The van der Waals surface area contributed by atoms with Crippen molar-refractivity contribution in [2.45, 2.75) is 51.4 Å². The summed E-state index contributed by atoms with van der Waals surface area (Å²) in [6, 6.07) is 34.5. The van der Waals surface area contributed by atoms with Gasteiger partial charge in [0.2, 0.25) is 0 Å². The van der Waals surface area contributed by atoms with Crippen LogP contribution < -0.4 is 0 Å². The summed E-state index contributed by atoms with van der Waals surface area (Å²) in [6.45, 7) is 4.74. The first-order chi connectivity index (χ1) is 20.3. The molecule has 4 aromatic rings. The standard InChI is InChI=1S/C36H38N2O4/c1-25-33(29-15-7-5-8-16-29)41-23-27-13-11-14-28(21-27)24-42-34(30-17-9-6-10-18-30)26(2)38(4)36(40)32-20-12-19-31(22-32)35(39)37(25)3/h5-22,25-26,33-34H,23-24H2,1-4H3/t25-,26-,33-,34?/m0/s1. The van der Waals surface area contributed by atoms with E-state index in [0.29, 0.717) is 24.3 Å². The van der Waals surface area contributed by atoms with Gasteiger partial charge < -0.3 is 19.3 Å². The number of fused-ring (bicyclic) bond motifs is 4. The highest BCUT2D eigenvalue weighted by atomic mass is 16.5. The Morgan fingerprint density at radius 2 is 0.952 bits per heavy atom. The minimum absolute atomic E-state index is 0.175. The molecule has 1 aliphatic heterocycles. The molecule has 0 fully saturated rings. The lowest BCUT2D eigenvalue weighted by molar-refractivity contribution is -0.0124. The Balaban J connectivity index is 1.55. The Morgan fingerprint density at radius 3 is 1.38 bits per heavy atom. The molecule has 6 heteroatoms. The Labute approximate surface area is 248 Å². The van der Waals surface area contributed by atoms with Crippen molar-refractivity contribution in [3.05, 3.63) is 143 Å². The minimum Gasteiger partial charge on any atom is -0.367 e. The molecule has 2 amide bonds. The van der Waals surface area contributed by atoms with Crippen molar-refractivity contribution >= 4 is 11.8 Å². The number of ether oxygens (including phenoxy) is 2. The third kappa shape index (κ3) is 6.46. The molecule has 1 unspecified atom stereocenters. The van der Waals surface area contributed by atoms with Crippen LogP contribution in [-0.2, 0) is 22.7 Å². The van der Waals surface area contributed by atoms with Gasteiger partial charge in [0.15, 0.2) is 0 Å². The number of amides is 2. The second-order valence-electron chi connectivity index (χ2n) is 11.0. The number of likely N-dealkylation sites (N-methyl/N-ethyl adjacent to an activating group) is 2. The van der Waals surface area contributed by atoms with Crippen molar-refractivity contribution in [2.24, 2.45) is 0 Å². The highest BCUT2D eigenvalue weighted by Crippen LogP contribution is 2.29. The summed E-state index contributed by atoms with van der Waals surface area (Å²) < 4.78 is 13.1. The van der Waals surface area contributed by atoms with Crippen LogP contribution in [-0.4, -0.2) is 47.8 Å². The quantitative estimate of drug-likeness (QED) is 0.269. The zero-order valence-electron chi connectivity index (χ0n) is 24.6. The Hall–Kier alpha value is -4.26. The van der Waals surface area contributed by atoms with Crippen LogP contribution in [0.4, 0.5) is 0 Å². The van der Waals surface area contributed by atoms with Crippen LogP contribution in [0.5, 0.6) is 0 Å². The third-order valence-electron chi connectivity index (χ3n) is 8.20. The van der Waals surface area contributed by atoms with Gasteiger partial charge in [0.25, 0.3) is 11.8 Å². The largest absolute Gasteiger partial charge is 0.367 e. The molecular formula is C36H38N2O4. The number of rotatable bonds is 2. The van der Waals surface area contributed by atoms with Gasteiger partial charge in [-0.2, -0.15) is 0 Å². The monoisotopic (exact) mass is 562 g/mol. The molecule has 42 heavy (non-hydrogen) atoms. The maximum atomic E-state index is 13.7. The number of hydrogen-bond acceptors (Lipinski definition) is 4. The number of nitrogens with zero attached hydrogens (tertiary/aromatic N) is 2. The second kappa shape index (κ2) is 13.1. The fraction of sp³-hybridized carbons (Fsp3) is 0.278. The fourth-order valence-corrected chi connectivity index (χ4v) is 5.46. The zero-order valence-corrected chi connectivity index (χ0v) is 24.6. The topological polar surface area (TPSA) is 59.1 Å². The van der Waals surface area contributed by atoms with Crippen LogP contribution in [0, 0.1) is 0 Å². The normalized spacial score (nSPS) is 22.4. The van der Waals surface area contributed by atoms with Gasteiger partial charge in [-0.3, -0.25) is 9.59 Å². The van der Waals surface area contributed by atoms with Crippen molar-refractivity contribution in [3.63, 3.8) is 0 Å². The molecule has 0 N–H and O–H groups in total. The lowest BCUT2D eigenvalue weighted by atomic mass is 10.00. The average Bonchev–Trinajstić information content (AvgIpc) is 3.04. The van der Waals surface area contributed by atoms with Gasteiger partial charge in [-0.05, 0) is 54.3 Å². The molecule has 0 radical (unpaired) electrons. The zero-order chi connectivity index (χ0) is 29.6. The SMILES string of the molecule is C[C@H]1C(c2ccccc2)OCc2cccc(c2)CO[C@H](c2ccccc2)[C@H](C)N(C)C(=O)c2cccc(c2)C(=O)N1C. The Kier molecular flexibility index (Phi) is 9.15. The maximum absolute atomic E-state index is 13.7. The first kappa shape index (κ1) is 29.2. The highest BCUT2D eigenvalue weighted by Gasteiger charge is 2.30. The lowest BCUT2D eigenvalue weighted by Crippen LogP contribution is -2.41. The van der Waals surface area contributed by atoms with E-state index in [0.717, 1.165) is 22.3 Å². The van der Waals surface area contributed by atoms with Crippen LogP contribution in [0.2, 0.25) is 0 Å². The van der Waals surface area contributed by atoms with Crippen LogP contribution in [0.25, 0.3) is 0 Å². The van der Waals surface area contributed by atoms with Gasteiger partial charge in [-0.15, -0.1) is 0 Å². The summed E-state index contributed by atoms with van der Waals surface area (Å²) in [7, 11) is 3.57. The van der Waals surface area contributed by atoms with Gasteiger partial charge in [-0.25, -0.2) is 0 Å². The van der Waals surface area contributed by atoms with Crippen LogP contribution in [0.15, 0.2) is 109 Å². The molecule has 216 valence electrons. The summed E-state index contributed by atoms with van der Waals surface area (Å²) in [6.07, 6.45) is -0.726. The summed E-state index contributed by atoms with van der Waals surface area (Å²) >= 11 is 0. The van der Waals surface area contributed by atoms with E-state index in [1.165, 1.54) is 0 Å². The molecular weight excluding hydrogens is 524 g/mol. The van der Waals surface area contributed by atoms with Crippen LogP contribution in [0.3, 0.4) is 0 Å². The summed E-state index contributed by atoms with van der Waals surface area (Å²) in [5.41, 5.74) is 4.92. The summed E-state index contributed by atoms with van der Waals surface area (Å²) in [5, 5.41) is 0. The van der Waals surface area contributed by atoms with E-state index < -0.39 is 0 Å². The van der Waals surface area contributed by atoms with Crippen molar-refractivity contribution in [3.8, 4) is 0 Å². The minimum atomic E-state index is -0.363. The van der Waals surface area contributed by atoms with E-state index in [4.69, 9.17) is 9.47 Å². The van der Waals surface area contributed by atoms with E-state index in [1.807, 2.05) is 92.7 Å². The lowest BCUT2D eigenvalue weighted by Gasteiger charge is -2.33. The Morgan fingerprint density at radius 1 is 0.548 bits per heavy atom. The molecule has 0 saturated carbocycles. The predicted octanol–water partition coefficient (Wildman–Crippen LogP) is 6.84. The molecule has 4 bridgehead atoms. The molecule has 0 spiro atoms. The summed E-state index contributed by atoms with van der Waals surface area (Å²) in [4.78, 5) is 30.9. The molecule has 1 aliphatic rings. The highest BCUT2D eigenvalue weighted by molar-refractivity contribution is 5.99. The van der Waals surface area contributed by atoms with Gasteiger partial charge in [-0.1, -0.05) is 91.0 Å². The Bertz CT molecular complexity index is 1400. The van der Waals surface area contributed by atoms with E-state index in [1.54, 1.807) is 48.2 Å². The van der Waals surface area contributed by atoms with Crippen LogP contribution >= 0.6 is 0 Å². The molecule has 0 saturated heterocycles. The fourth-order valence-electron chi connectivity index (χ4n) is 5.46. The second-order valence-corrected chi connectivity index (χ2v) is 11.0. The van der Waals surface area contributed by atoms with Crippen LogP contribution in [0.1, 0.15) is 69.0 Å². The maximum Gasteiger partial charge on any atom is 0.253 e. The smallest absolute Gasteiger partial charge is 0.253 e. The van der Waals surface area contributed by atoms with E-state index in [2.05, 4.69) is 6.07 Å². The van der Waals surface area contributed by atoms with Crippen molar-refractivity contribution in [1.82, 2.24) is 9.80 Å². The number of carbonyl (C=O) groups is 2. The molecule has 4 atom stereocenters. The molecule has 0 aromatic heterocycles. The van der Waals surface area contributed by atoms with Gasteiger partial charge >= 0.3 is 0 Å². The summed E-state index contributed by atoms with van der Waals surface area (Å²) in [5.74, 6) is -0.350. The van der Waals surface area contributed by atoms with Crippen molar-refractivity contribution in [2.75, 3.05) is 14.1 Å². The predicted molar refractivity (Wildman–Crippen MR) is 164 cm³/mol. The molecule has 6 nitrogen and oxygen atoms in total. The van der Waals surface area contributed by atoms with Gasteiger partial charge in [0, 0.05) is 25.2 Å². The molecule has 0 aliphatic carbocycles. The van der Waals surface area contributed by atoms with Gasteiger partial charge in [0.05, 0.1) is 25.3 Å². The first-order valence-electron chi connectivity index (χ1n) is 14.4. The molecule has 4 aromatic carbocycles. The third-order valence-corrected chi connectivity index (χ3v) is 8.20. The number of carbonyl (C=O) groups excluding carboxylic acids is 2. The first-order valence-corrected chi connectivity index (χ1v) is 14.4.